The fraction of sp³-hybridized carbons (Fsp3) is 0.533. The van der Waals surface area contributed by atoms with Crippen LogP contribution < -0.4 is 4.74 Å². The molecule has 0 radical (unpaired) electrons. The summed E-state index contributed by atoms with van der Waals surface area (Å²) in [7, 11) is 1.52. The number of hydrogen-bond acceptors (Lipinski definition) is 3. The topological polar surface area (TPSA) is 38.7 Å². The van der Waals surface area contributed by atoms with Gasteiger partial charge in [0.15, 0.2) is 0 Å². The summed E-state index contributed by atoms with van der Waals surface area (Å²) in [5, 5.41) is 0. The van der Waals surface area contributed by atoms with Crippen molar-refractivity contribution in [1.29, 1.82) is 0 Å². The molecule has 1 fully saturated rings. The molecule has 0 aliphatic heterocycles. The van der Waals surface area contributed by atoms with Gasteiger partial charge in [-0.05, 0) is 31.4 Å². The molecule has 1 aliphatic rings. The Morgan fingerprint density at radius 3 is 2.63 bits per heavy atom. The monoisotopic (exact) mass is 263 g/mol. The van der Waals surface area contributed by atoms with Crippen LogP contribution in [0.2, 0.25) is 0 Å². The third-order valence-corrected chi connectivity index (χ3v) is 3.88. The van der Waals surface area contributed by atoms with Gasteiger partial charge in [-0.25, -0.2) is 9.18 Å². The number of rotatable bonds is 4. The Labute approximate surface area is 112 Å². The predicted molar refractivity (Wildman–Crippen MR) is 70.8 cm³/mol. The van der Waals surface area contributed by atoms with Gasteiger partial charge in [0.2, 0.25) is 6.08 Å². The number of aliphatic imine (C=N–C) groups is 1. The number of carbonyl (C=O) groups excluding carboxylic acids is 1. The molecule has 1 unspecified atom stereocenters. The molecule has 4 heteroatoms. The van der Waals surface area contributed by atoms with Crippen LogP contribution in [-0.4, -0.2) is 13.2 Å². The van der Waals surface area contributed by atoms with Crippen LogP contribution in [0.1, 0.15) is 49.9 Å². The Morgan fingerprint density at radius 1 is 1.42 bits per heavy atom. The van der Waals surface area contributed by atoms with Crippen molar-refractivity contribution in [3.05, 3.63) is 29.3 Å². The molecule has 0 amide bonds. The van der Waals surface area contributed by atoms with Crippen molar-refractivity contribution >= 4 is 6.08 Å². The van der Waals surface area contributed by atoms with E-state index in [2.05, 4.69) is 4.99 Å². The fourth-order valence-electron chi connectivity index (χ4n) is 3.03. The van der Waals surface area contributed by atoms with Crippen molar-refractivity contribution in [2.24, 2.45) is 4.99 Å². The molecule has 19 heavy (non-hydrogen) atoms. The van der Waals surface area contributed by atoms with Crippen molar-refractivity contribution in [3.63, 3.8) is 0 Å². The molecule has 1 aliphatic carbocycles. The number of hydrogen-bond donors (Lipinski definition) is 0. The summed E-state index contributed by atoms with van der Waals surface area (Å²) < 4.78 is 19.2. The number of isocyanates is 1. The van der Waals surface area contributed by atoms with Crippen LogP contribution in [0.5, 0.6) is 5.75 Å². The van der Waals surface area contributed by atoms with Gasteiger partial charge in [-0.1, -0.05) is 25.0 Å². The maximum Gasteiger partial charge on any atom is 0.235 e. The van der Waals surface area contributed by atoms with Gasteiger partial charge in [-0.3, -0.25) is 0 Å². The van der Waals surface area contributed by atoms with Crippen LogP contribution in [0.15, 0.2) is 23.2 Å². The largest absolute Gasteiger partial charge is 0.496 e. The molecular weight excluding hydrogens is 245 g/mol. The fourth-order valence-corrected chi connectivity index (χ4v) is 3.03. The zero-order chi connectivity index (χ0) is 13.9. The molecule has 0 N–H and O–H groups in total. The molecule has 1 aromatic carbocycles. The SMILES string of the molecule is COc1cccc(C2(N=C=O)CCCC2)c1C(C)F. The molecule has 3 nitrogen and oxygen atoms in total. The molecule has 1 atom stereocenters. The molecule has 2 rings (SSSR count). The van der Waals surface area contributed by atoms with E-state index < -0.39 is 11.7 Å². The Hall–Kier alpha value is -1.67. The third kappa shape index (κ3) is 2.41. The standard InChI is InChI=1S/C15H18FNO2/c1-11(16)14-12(6-5-7-13(14)19-2)15(17-10-18)8-3-4-9-15/h5-7,11H,3-4,8-9H2,1-2H3. The van der Waals surface area contributed by atoms with Crippen molar-refractivity contribution in [2.45, 2.75) is 44.3 Å². The minimum absolute atomic E-state index is 0.505. The van der Waals surface area contributed by atoms with Crippen molar-refractivity contribution in [1.82, 2.24) is 0 Å². The van der Waals surface area contributed by atoms with Crippen LogP contribution in [0.3, 0.4) is 0 Å². The first kappa shape index (κ1) is 13.8. The second-order valence-electron chi connectivity index (χ2n) is 4.98. The highest BCUT2D eigenvalue weighted by molar-refractivity contribution is 5.48. The van der Waals surface area contributed by atoms with E-state index in [-0.39, 0.29) is 0 Å². The Kier molecular flexibility index (Phi) is 4.01. The van der Waals surface area contributed by atoms with E-state index in [9.17, 15) is 9.18 Å². The molecule has 0 bridgehead atoms. The van der Waals surface area contributed by atoms with Gasteiger partial charge < -0.3 is 4.74 Å². The smallest absolute Gasteiger partial charge is 0.235 e. The van der Waals surface area contributed by atoms with Gasteiger partial charge in [0.25, 0.3) is 0 Å². The average molecular weight is 263 g/mol. The van der Waals surface area contributed by atoms with Gasteiger partial charge in [0.1, 0.15) is 11.9 Å². The molecule has 0 spiro atoms. The van der Waals surface area contributed by atoms with Gasteiger partial charge in [0.05, 0.1) is 12.6 Å². The summed E-state index contributed by atoms with van der Waals surface area (Å²) in [5.41, 5.74) is 0.653. The van der Waals surface area contributed by atoms with Crippen LogP contribution >= 0.6 is 0 Å². The minimum atomic E-state index is -1.16. The maximum absolute atomic E-state index is 14.0. The first-order chi connectivity index (χ1) is 9.14. The van der Waals surface area contributed by atoms with Gasteiger partial charge in [-0.2, -0.15) is 4.99 Å². The van der Waals surface area contributed by atoms with E-state index in [1.807, 2.05) is 12.1 Å². The van der Waals surface area contributed by atoms with E-state index in [1.165, 1.54) is 14.0 Å². The number of nitrogens with zero attached hydrogens (tertiary/aromatic N) is 1. The van der Waals surface area contributed by atoms with Gasteiger partial charge in [-0.15, -0.1) is 0 Å². The quantitative estimate of drug-likeness (QED) is 0.611. The number of alkyl halides is 1. The van der Waals surface area contributed by atoms with Gasteiger partial charge in [0, 0.05) is 5.56 Å². The zero-order valence-corrected chi connectivity index (χ0v) is 11.3. The molecule has 102 valence electrons. The maximum atomic E-state index is 14.0. The lowest BCUT2D eigenvalue weighted by molar-refractivity contribution is 0.334. The Morgan fingerprint density at radius 2 is 2.11 bits per heavy atom. The molecule has 0 saturated heterocycles. The lowest BCUT2D eigenvalue weighted by Crippen LogP contribution is -2.21. The minimum Gasteiger partial charge on any atom is -0.496 e. The Balaban J connectivity index is 2.63. The lowest BCUT2D eigenvalue weighted by atomic mass is 9.84. The number of ether oxygens (including phenoxy) is 1. The van der Waals surface area contributed by atoms with E-state index in [0.29, 0.717) is 11.3 Å². The first-order valence-corrected chi connectivity index (χ1v) is 6.55. The average Bonchev–Trinajstić information content (AvgIpc) is 2.87. The summed E-state index contributed by atoms with van der Waals surface area (Å²) in [4.78, 5) is 14.8. The van der Waals surface area contributed by atoms with Crippen LogP contribution in [-0.2, 0) is 10.3 Å². The Bertz CT molecular complexity index is 501. The van der Waals surface area contributed by atoms with E-state index in [1.54, 1.807) is 12.1 Å². The predicted octanol–water partition coefficient (Wildman–Crippen LogP) is 3.83. The summed E-state index contributed by atoms with van der Waals surface area (Å²) >= 11 is 0. The van der Waals surface area contributed by atoms with E-state index in [0.717, 1.165) is 31.2 Å². The number of benzene rings is 1. The molecule has 0 aromatic heterocycles. The molecular formula is C15H18FNO2. The lowest BCUT2D eigenvalue weighted by Gasteiger charge is -2.27. The molecule has 1 aromatic rings. The van der Waals surface area contributed by atoms with Crippen LogP contribution in [0.4, 0.5) is 4.39 Å². The highest BCUT2D eigenvalue weighted by Gasteiger charge is 2.39. The van der Waals surface area contributed by atoms with E-state index in [4.69, 9.17) is 4.74 Å². The second kappa shape index (κ2) is 5.54. The second-order valence-corrected chi connectivity index (χ2v) is 4.98. The zero-order valence-electron chi connectivity index (χ0n) is 11.3. The number of methoxy groups -OCH3 is 1. The summed E-state index contributed by atoms with van der Waals surface area (Å²) in [6, 6.07) is 5.41. The highest BCUT2D eigenvalue weighted by Crippen LogP contribution is 2.47. The van der Waals surface area contributed by atoms with Crippen molar-refractivity contribution in [2.75, 3.05) is 7.11 Å². The molecule has 0 heterocycles. The van der Waals surface area contributed by atoms with Crippen molar-refractivity contribution in [3.8, 4) is 5.75 Å². The third-order valence-electron chi connectivity index (χ3n) is 3.88. The summed E-state index contributed by atoms with van der Waals surface area (Å²) in [6.07, 6.45) is 4.00. The van der Waals surface area contributed by atoms with Crippen LogP contribution in [0, 0.1) is 0 Å². The summed E-state index contributed by atoms with van der Waals surface area (Å²) in [5.74, 6) is 0.514. The number of halogens is 1. The van der Waals surface area contributed by atoms with Gasteiger partial charge >= 0.3 is 0 Å². The normalized spacial score (nSPS) is 18.7. The first-order valence-electron chi connectivity index (χ1n) is 6.55. The van der Waals surface area contributed by atoms with Crippen molar-refractivity contribution < 1.29 is 13.9 Å². The highest BCUT2D eigenvalue weighted by atomic mass is 19.1. The van der Waals surface area contributed by atoms with Crippen LogP contribution in [0.25, 0.3) is 0 Å². The molecule has 1 saturated carbocycles. The van der Waals surface area contributed by atoms with E-state index >= 15 is 0 Å². The summed E-state index contributed by atoms with van der Waals surface area (Å²) in [6.45, 7) is 1.48.